The highest BCUT2D eigenvalue weighted by molar-refractivity contribution is 5.88. The highest BCUT2D eigenvalue weighted by Crippen LogP contribution is 2.41. The van der Waals surface area contributed by atoms with Crippen LogP contribution in [-0.4, -0.2) is 50.2 Å². The maximum absolute atomic E-state index is 14.8. The van der Waals surface area contributed by atoms with Crippen molar-refractivity contribution < 1.29 is 31.5 Å². The summed E-state index contributed by atoms with van der Waals surface area (Å²) in [5.41, 5.74) is 0.197. The molecule has 2 aromatic heterocycles. The molecule has 1 aliphatic carbocycles. The fourth-order valence-corrected chi connectivity index (χ4v) is 4.76. The van der Waals surface area contributed by atoms with Crippen LogP contribution < -0.4 is 5.32 Å². The quantitative estimate of drug-likeness (QED) is 0.366. The molecule has 1 N–H and O–H groups in total. The van der Waals surface area contributed by atoms with E-state index in [1.165, 1.54) is 0 Å². The molecule has 1 saturated carbocycles. The molecule has 3 aromatic rings. The number of amides is 2. The van der Waals surface area contributed by atoms with E-state index in [0.717, 1.165) is 30.0 Å². The SMILES string of the molecule is O=C(NC(c1ccccc1)c1ccc(C2CC2)c(F)n1)C1CC(F)CN1C(=O)Cn1nccc1C(F)(F)F. The zero-order valence-electron chi connectivity index (χ0n) is 20.0. The van der Waals surface area contributed by atoms with Crippen LogP contribution in [0, 0.1) is 5.95 Å². The van der Waals surface area contributed by atoms with Gasteiger partial charge in [-0.3, -0.25) is 14.3 Å². The molecule has 3 heterocycles. The lowest BCUT2D eigenvalue weighted by Crippen LogP contribution is -2.48. The molecule has 1 aliphatic heterocycles. The third-order valence-corrected chi connectivity index (χ3v) is 6.80. The third kappa shape index (κ3) is 5.39. The highest BCUT2D eigenvalue weighted by atomic mass is 19.4. The number of carbonyl (C=O) groups excluding carboxylic acids is 2. The molecule has 2 fully saturated rings. The minimum Gasteiger partial charge on any atom is -0.342 e. The summed E-state index contributed by atoms with van der Waals surface area (Å²) in [7, 11) is 0. The first-order valence-corrected chi connectivity index (χ1v) is 12.2. The molecule has 0 spiro atoms. The zero-order valence-corrected chi connectivity index (χ0v) is 20.0. The summed E-state index contributed by atoms with van der Waals surface area (Å²) < 4.78 is 69.3. The molecule has 7 nitrogen and oxygen atoms in total. The molecule has 1 saturated heterocycles. The first-order valence-electron chi connectivity index (χ1n) is 12.2. The number of hydrogen-bond donors (Lipinski definition) is 1. The maximum atomic E-state index is 14.8. The van der Waals surface area contributed by atoms with E-state index in [9.17, 15) is 31.5 Å². The number of rotatable bonds is 7. The van der Waals surface area contributed by atoms with Gasteiger partial charge in [-0.05, 0) is 36.5 Å². The van der Waals surface area contributed by atoms with Crippen molar-refractivity contribution in [1.82, 2.24) is 25.0 Å². The number of carbonyl (C=O) groups is 2. The summed E-state index contributed by atoms with van der Waals surface area (Å²) in [6.45, 7) is -1.26. The van der Waals surface area contributed by atoms with E-state index >= 15 is 0 Å². The van der Waals surface area contributed by atoms with Crippen LogP contribution in [0.3, 0.4) is 0 Å². The molecular formula is C26H24F5N5O2. The molecule has 2 aliphatic rings. The van der Waals surface area contributed by atoms with Crippen LogP contribution in [0.5, 0.6) is 0 Å². The Kier molecular flexibility index (Phi) is 6.89. The highest BCUT2D eigenvalue weighted by Gasteiger charge is 2.42. The van der Waals surface area contributed by atoms with Gasteiger partial charge in [-0.25, -0.2) is 9.37 Å². The van der Waals surface area contributed by atoms with Crippen molar-refractivity contribution >= 4 is 11.8 Å². The van der Waals surface area contributed by atoms with Crippen molar-refractivity contribution in [2.45, 2.75) is 56.2 Å². The Labute approximate surface area is 214 Å². The van der Waals surface area contributed by atoms with Crippen molar-refractivity contribution in [2.75, 3.05) is 6.54 Å². The number of nitrogens with one attached hydrogen (secondary N) is 1. The van der Waals surface area contributed by atoms with Gasteiger partial charge in [0.05, 0.1) is 18.3 Å². The van der Waals surface area contributed by atoms with E-state index in [2.05, 4.69) is 15.4 Å². The lowest BCUT2D eigenvalue weighted by Gasteiger charge is -2.27. The fraction of sp³-hybridized carbons (Fsp3) is 0.385. The average Bonchev–Trinajstić information content (AvgIpc) is 3.46. The Morgan fingerprint density at radius 2 is 1.82 bits per heavy atom. The van der Waals surface area contributed by atoms with Gasteiger partial charge in [-0.15, -0.1) is 0 Å². The van der Waals surface area contributed by atoms with Crippen molar-refractivity contribution in [3.05, 3.63) is 83.2 Å². The number of halogens is 5. The standard InChI is InChI=1S/C26H24F5N5O2/c27-17-12-20(35(13-17)22(37)14-36-21(10-11-32-36)26(29,30)31)25(38)34-23(16-4-2-1-3-5-16)19-9-8-18(15-6-7-15)24(28)33-19/h1-5,8-11,15,17,20,23H,6-7,12-14H2,(H,34,38). The summed E-state index contributed by atoms with van der Waals surface area (Å²) in [5, 5.41) is 6.31. The van der Waals surface area contributed by atoms with Crippen LogP contribution in [0.4, 0.5) is 22.0 Å². The van der Waals surface area contributed by atoms with Crippen LogP contribution in [0.25, 0.3) is 0 Å². The number of likely N-dealkylation sites (tertiary alicyclic amines) is 1. The number of hydrogen-bond acceptors (Lipinski definition) is 4. The maximum Gasteiger partial charge on any atom is 0.433 e. The third-order valence-electron chi connectivity index (χ3n) is 6.80. The molecule has 12 heteroatoms. The minimum atomic E-state index is -4.73. The van der Waals surface area contributed by atoms with Crippen LogP contribution in [0.15, 0.2) is 54.7 Å². The Hall–Kier alpha value is -3.83. The molecule has 38 heavy (non-hydrogen) atoms. The second-order valence-corrected chi connectivity index (χ2v) is 9.51. The molecule has 3 atom stereocenters. The predicted octanol–water partition coefficient (Wildman–Crippen LogP) is 4.16. The summed E-state index contributed by atoms with van der Waals surface area (Å²) in [6.07, 6.45) is -3.93. The number of benzene rings is 1. The summed E-state index contributed by atoms with van der Waals surface area (Å²) >= 11 is 0. The van der Waals surface area contributed by atoms with Crippen LogP contribution in [0.2, 0.25) is 0 Å². The van der Waals surface area contributed by atoms with E-state index in [-0.39, 0.29) is 18.0 Å². The van der Waals surface area contributed by atoms with Gasteiger partial charge < -0.3 is 10.2 Å². The van der Waals surface area contributed by atoms with Gasteiger partial charge in [-0.2, -0.15) is 22.7 Å². The molecule has 200 valence electrons. The van der Waals surface area contributed by atoms with E-state index in [1.54, 1.807) is 42.5 Å². The van der Waals surface area contributed by atoms with Gasteiger partial charge in [0.2, 0.25) is 17.8 Å². The van der Waals surface area contributed by atoms with Crippen molar-refractivity contribution in [3.8, 4) is 0 Å². The smallest absolute Gasteiger partial charge is 0.342 e. The Balaban J connectivity index is 1.37. The van der Waals surface area contributed by atoms with E-state index in [1.807, 2.05) is 0 Å². The lowest BCUT2D eigenvalue weighted by molar-refractivity contribution is -0.147. The molecule has 0 radical (unpaired) electrons. The normalized spacial score (nSPS) is 20.4. The van der Waals surface area contributed by atoms with Gasteiger partial charge in [0.25, 0.3) is 0 Å². The Bertz CT molecular complexity index is 1330. The van der Waals surface area contributed by atoms with Gasteiger partial charge in [-0.1, -0.05) is 36.4 Å². The van der Waals surface area contributed by atoms with Gasteiger partial charge in [0, 0.05) is 18.2 Å². The van der Waals surface area contributed by atoms with Gasteiger partial charge in [0.15, 0.2) is 0 Å². The summed E-state index contributed by atoms with van der Waals surface area (Å²) in [5.74, 6) is -2.10. The second-order valence-electron chi connectivity index (χ2n) is 9.51. The molecule has 1 aromatic carbocycles. The molecule has 2 amide bonds. The van der Waals surface area contributed by atoms with Crippen LogP contribution >= 0.6 is 0 Å². The Morgan fingerprint density at radius 3 is 2.47 bits per heavy atom. The first kappa shape index (κ1) is 25.8. The van der Waals surface area contributed by atoms with Crippen molar-refractivity contribution in [2.24, 2.45) is 0 Å². The predicted molar refractivity (Wildman–Crippen MR) is 125 cm³/mol. The second kappa shape index (κ2) is 10.1. The van der Waals surface area contributed by atoms with Crippen molar-refractivity contribution in [1.29, 1.82) is 0 Å². The van der Waals surface area contributed by atoms with Crippen LogP contribution in [-0.2, 0) is 22.3 Å². The topological polar surface area (TPSA) is 80.1 Å². The minimum absolute atomic E-state index is 0.133. The number of aromatic nitrogens is 3. The molecule has 5 rings (SSSR count). The average molecular weight is 534 g/mol. The number of pyridine rings is 1. The fourth-order valence-electron chi connectivity index (χ4n) is 4.76. The summed E-state index contributed by atoms with van der Waals surface area (Å²) in [6, 6.07) is 10.5. The lowest BCUT2D eigenvalue weighted by atomic mass is 10.0. The Morgan fingerprint density at radius 1 is 1.08 bits per heavy atom. The largest absolute Gasteiger partial charge is 0.433 e. The molecule has 3 unspecified atom stereocenters. The van der Waals surface area contributed by atoms with Gasteiger partial charge in [0.1, 0.15) is 24.5 Å². The summed E-state index contributed by atoms with van der Waals surface area (Å²) in [4.78, 5) is 31.3. The van der Waals surface area contributed by atoms with Crippen LogP contribution in [0.1, 0.15) is 53.7 Å². The number of nitrogens with zero attached hydrogens (tertiary/aromatic N) is 4. The van der Waals surface area contributed by atoms with E-state index in [0.29, 0.717) is 15.8 Å². The molecule has 0 bridgehead atoms. The van der Waals surface area contributed by atoms with Gasteiger partial charge >= 0.3 is 6.18 Å². The van der Waals surface area contributed by atoms with Crippen molar-refractivity contribution in [3.63, 3.8) is 0 Å². The zero-order chi connectivity index (χ0) is 27.0. The molecular weight excluding hydrogens is 509 g/mol. The first-order chi connectivity index (χ1) is 18.1. The van der Waals surface area contributed by atoms with E-state index in [4.69, 9.17) is 0 Å². The monoisotopic (exact) mass is 533 g/mol. The van der Waals surface area contributed by atoms with E-state index < -0.39 is 61.0 Å². The number of alkyl halides is 4.